The van der Waals surface area contributed by atoms with Crippen molar-refractivity contribution in [2.24, 2.45) is 5.41 Å². The van der Waals surface area contributed by atoms with E-state index in [0.717, 1.165) is 6.54 Å². The summed E-state index contributed by atoms with van der Waals surface area (Å²) in [5.41, 5.74) is 4.73. The molecule has 2 rings (SSSR count). The fourth-order valence-electron chi connectivity index (χ4n) is 2.17. The van der Waals surface area contributed by atoms with Crippen LogP contribution < -0.4 is 5.32 Å². The molecule has 0 spiro atoms. The summed E-state index contributed by atoms with van der Waals surface area (Å²) >= 11 is 0. The fourth-order valence-corrected chi connectivity index (χ4v) is 2.17. The summed E-state index contributed by atoms with van der Waals surface area (Å²) in [5.74, 6) is 0. The summed E-state index contributed by atoms with van der Waals surface area (Å²) in [6.07, 6.45) is 2.78. The van der Waals surface area contributed by atoms with Crippen LogP contribution in [0.1, 0.15) is 49.4 Å². The third kappa shape index (κ3) is 2.85. The summed E-state index contributed by atoms with van der Waals surface area (Å²) in [5, 5.41) is 3.66. The van der Waals surface area contributed by atoms with Crippen molar-refractivity contribution in [3.8, 4) is 0 Å². The maximum Gasteiger partial charge on any atom is 0.0292 e. The SMILES string of the molecule is Cc1cc(C)cc(C(C)NCC2(C)CC2)c1. The summed E-state index contributed by atoms with van der Waals surface area (Å²) in [6.45, 7) is 10.1. The van der Waals surface area contributed by atoms with Crippen molar-refractivity contribution >= 4 is 0 Å². The van der Waals surface area contributed by atoms with Gasteiger partial charge in [0.05, 0.1) is 0 Å². The first-order valence-electron chi connectivity index (χ1n) is 6.30. The van der Waals surface area contributed by atoms with E-state index in [2.05, 4.69) is 51.2 Å². The third-order valence-electron chi connectivity index (χ3n) is 3.68. The molecule has 0 heterocycles. The van der Waals surface area contributed by atoms with Crippen molar-refractivity contribution in [3.05, 3.63) is 34.9 Å². The van der Waals surface area contributed by atoms with Gasteiger partial charge in [-0.3, -0.25) is 0 Å². The lowest BCUT2D eigenvalue weighted by Crippen LogP contribution is -2.25. The monoisotopic (exact) mass is 217 g/mol. The summed E-state index contributed by atoms with van der Waals surface area (Å²) in [6, 6.07) is 7.29. The van der Waals surface area contributed by atoms with Gasteiger partial charge in [-0.25, -0.2) is 0 Å². The quantitative estimate of drug-likeness (QED) is 0.810. The van der Waals surface area contributed by atoms with E-state index in [1.54, 1.807) is 0 Å². The number of hydrogen-bond acceptors (Lipinski definition) is 1. The van der Waals surface area contributed by atoms with E-state index in [4.69, 9.17) is 0 Å². The normalized spacial score (nSPS) is 19.5. The molecule has 0 saturated heterocycles. The van der Waals surface area contributed by atoms with E-state index in [9.17, 15) is 0 Å². The number of hydrogen-bond donors (Lipinski definition) is 1. The van der Waals surface area contributed by atoms with E-state index in [0.29, 0.717) is 11.5 Å². The molecule has 1 fully saturated rings. The first kappa shape index (κ1) is 11.7. The van der Waals surface area contributed by atoms with Gasteiger partial charge in [0, 0.05) is 12.6 Å². The molecular formula is C15H23N. The Kier molecular flexibility index (Phi) is 3.07. The van der Waals surface area contributed by atoms with E-state index in [-0.39, 0.29) is 0 Å². The molecule has 1 atom stereocenters. The Bertz CT molecular complexity index is 357. The lowest BCUT2D eigenvalue weighted by molar-refractivity contribution is 0.457. The van der Waals surface area contributed by atoms with Crippen LogP contribution in [0.25, 0.3) is 0 Å². The average molecular weight is 217 g/mol. The Balaban J connectivity index is 1.99. The smallest absolute Gasteiger partial charge is 0.0292 e. The molecule has 0 amide bonds. The zero-order valence-electron chi connectivity index (χ0n) is 10.9. The largest absolute Gasteiger partial charge is 0.310 e. The van der Waals surface area contributed by atoms with Crippen LogP contribution in [0.3, 0.4) is 0 Å². The van der Waals surface area contributed by atoms with Gasteiger partial charge in [-0.1, -0.05) is 36.2 Å². The topological polar surface area (TPSA) is 12.0 Å². The Morgan fingerprint density at radius 3 is 2.25 bits per heavy atom. The number of nitrogens with one attached hydrogen (secondary N) is 1. The van der Waals surface area contributed by atoms with Crippen molar-refractivity contribution in [3.63, 3.8) is 0 Å². The van der Waals surface area contributed by atoms with Gasteiger partial charge in [0.1, 0.15) is 0 Å². The highest BCUT2D eigenvalue weighted by Crippen LogP contribution is 2.44. The van der Waals surface area contributed by atoms with Gasteiger partial charge in [0.2, 0.25) is 0 Å². The zero-order chi connectivity index (χ0) is 11.8. The highest BCUT2D eigenvalue weighted by Gasteiger charge is 2.36. The van der Waals surface area contributed by atoms with E-state index in [1.807, 2.05) is 0 Å². The van der Waals surface area contributed by atoms with Crippen molar-refractivity contribution in [1.29, 1.82) is 0 Å². The molecule has 1 aromatic carbocycles. The van der Waals surface area contributed by atoms with E-state index in [1.165, 1.54) is 29.5 Å². The van der Waals surface area contributed by atoms with Gasteiger partial charge >= 0.3 is 0 Å². The second-order valence-electron chi connectivity index (χ2n) is 5.83. The third-order valence-corrected chi connectivity index (χ3v) is 3.68. The van der Waals surface area contributed by atoms with Crippen LogP contribution >= 0.6 is 0 Å². The summed E-state index contributed by atoms with van der Waals surface area (Å²) < 4.78 is 0. The minimum atomic E-state index is 0.469. The maximum absolute atomic E-state index is 3.66. The molecule has 1 aromatic rings. The van der Waals surface area contributed by atoms with Gasteiger partial charge in [0.15, 0.2) is 0 Å². The molecular weight excluding hydrogens is 194 g/mol. The van der Waals surface area contributed by atoms with Crippen molar-refractivity contribution in [1.82, 2.24) is 5.32 Å². The zero-order valence-corrected chi connectivity index (χ0v) is 10.9. The molecule has 1 aliphatic carbocycles. The van der Waals surface area contributed by atoms with Crippen molar-refractivity contribution < 1.29 is 0 Å². The van der Waals surface area contributed by atoms with Gasteiger partial charge in [0.25, 0.3) is 0 Å². The lowest BCUT2D eigenvalue weighted by Gasteiger charge is -2.18. The predicted molar refractivity (Wildman–Crippen MR) is 69.7 cm³/mol. The van der Waals surface area contributed by atoms with Crippen LogP contribution in [-0.4, -0.2) is 6.54 Å². The fraction of sp³-hybridized carbons (Fsp3) is 0.600. The maximum atomic E-state index is 3.66. The summed E-state index contributed by atoms with van der Waals surface area (Å²) in [4.78, 5) is 0. The van der Waals surface area contributed by atoms with Gasteiger partial charge in [-0.15, -0.1) is 0 Å². The van der Waals surface area contributed by atoms with Crippen LogP contribution in [-0.2, 0) is 0 Å². The molecule has 1 nitrogen and oxygen atoms in total. The Hall–Kier alpha value is -0.820. The number of benzene rings is 1. The molecule has 0 bridgehead atoms. The molecule has 1 heteroatoms. The van der Waals surface area contributed by atoms with Crippen molar-refractivity contribution in [2.45, 2.75) is 46.6 Å². The van der Waals surface area contributed by atoms with Crippen molar-refractivity contribution in [2.75, 3.05) is 6.54 Å². The Morgan fingerprint density at radius 2 is 1.75 bits per heavy atom. The Morgan fingerprint density at radius 1 is 1.19 bits per heavy atom. The van der Waals surface area contributed by atoms with Crippen LogP contribution in [0.15, 0.2) is 18.2 Å². The highest BCUT2D eigenvalue weighted by atomic mass is 14.9. The molecule has 1 aliphatic rings. The van der Waals surface area contributed by atoms with Crippen LogP contribution in [0.4, 0.5) is 0 Å². The average Bonchev–Trinajstić information content (AvgIpc) is 2.92. The predicted octanol–water partition coefficient (Wildman–Crippen LogP) is 3.75. The molecule has 1 unspecified atom stereocenters. The number of rotatable bonds is 4. The van der Waals surface area contributed by atoms with E-state index >= 15 is 0 Å². The molecule has 16 heavy (non-hydrogen) atoms. The van der Waals surface area contributed by atoms with Gasteiger partial charge in [-0.2, -0.15) is 0 Å². The molecule has 0 aliphatic heterocycles. The molecule has 88 valence electrons. The summed E-state index contributed by atoms with van der Waals surface area (Å²) in [7, 11) is 0. The first-order chi connectivity index (χ1) is 7.48. The van der Waals surface area contributed by atoms with E-state index < -0.39 is 0 Å². The highest BCUT2D eigenvalue weighted by molar-refractivity contribution is 5.30. The second-order valence-corrected chi connectivity index (χ2v) is 5.83. The molecule has 0 radical (unpaired) electrons. The molecule has 0 aromatic heterocycles. The second kappa shape index (κ2) is 4.21. The minimum absolute atomic E-state index is 0.469. The van der Waals surface area contributed by atoms with Gasteiger partial charge in [-0.05, 0) is 44.6 Å². The lowest BCUT2D eigenvalue weighted by atomic mass is 10.0. The van der Waals surface area contributed by atoms with Gasteiger partial charge < -0.3 is 5.32 Å². The molecule has 1 N–H and O–H groups in total. The van der Waals surface area contributed by atoms with Crippen LogP contribution in [0.5, 0.6) is 0 Å². The van der Waals surface area contributed by atoms with Crippen LogP contribution in [0, 0.1) is 19.3 Å². The van der Waals surface area contributed by atoms with Crippen LogP contribution in [0.2, 0.25) is 0 Å². The number of aryl methyl sites for hydroxylation is 2. The molecule has 1 saturated carbocycles. The first-order valence-corrected chi connectivity index (χ1v) is 6.30. The minimum Gasteiger partial charge on any atom is -0.310 e. The standard InChI is InChI=1S/C15H23N/c1-11-7-12(2)9-14(8-11)13(3)16-10-15(4)5-6-15/h7-9,13,16H,5-6,10H2,1-4H3. The Labute approximate surface area is 99.3 Å².